The molecule has 1 amide bonds. The van der Waals surface area contributed by atoms with E-state index in [4.69, 9.17) is 4.74 Å². The fourth-order valence-electron chi connectivity index (χ4n) is 1.40. The van der Waals surface area contributed by atoms with Crippen LogP contribution >= 0.6 is 15.9 Å². The topological polar surface area (TPSA) is 55.3 Å². The summed E-state index contributed by atoms with van der Waals surface area (Å²) in [5.41, 5.74) is 0.703. The summed E-state index contributed by atoms with van der Waals surface area (Å²) < 4.78 is 5.95. The van der Waals surface area contributed by atoms with E-state index in [0.717, 1.165) is 12.8 Å². The van der Waals surface area contributed by atoms with E-state index < -0.39 is 0 Å². The molecule has 0 saturated carbocycles. The Hall–Kier alpha value is -1.01. The molecule has 0 aliphatic rings. The summed E-state index contributed by atoms with van der Waals surface area (Å²) in [4.78, 5) is 21.7. The van der Waals surface area contributed by atoms with E-state index in [1.54, 1.807) is 13.2 Å². The summed E-state index contributed by atoms with van der Waals surface area (Å²) in [5, 5.41) is 0. The SMILES string of the molecule is CCCCOCC(=O)N(C)c1ncc(Br)nc1C. The molecule has 6 heteroatoms. The molecule has 0 radical (unpaired) electrons. The lowest BCUT2D eigenvalue weighted by Gasteiger charge is -2.17. The molecule has 1 rings (SSSR count). The maximum Gasteiger partial charge on any atom is 0.253 e. The minimum Gasteiger partial charge on any atom is -0.372 e. The van der Waals surface area contributed by atoms with Gasteiger partial charge in [-0.3, -0.25) is 9.69 Å². The van der Waals surface area contributed by atoms with Crippen LogP contribution < -0.4 is 4.90 Å². The van der Waals surface area contributed by atoms with Crippen LogP contribution in [0.2, 0.25) is 0 Å². The van der Waals surface area contributed by atoms with Gasteiger partial charge in [0.1, 0.15) is 11.2 Å². The molecular weight excluding hydrogens is 298 g/mol. The quantitative estimate of drug-likeness (QED) is 0.756. The Bertz CT molecular complexity index is 412. The first kappa shape index (κ1) is 15.0. The molecule has 1 heterocycles. The molecule has 0 aromatic carbocycles. The fraction of sp³-hybridized carbons (Fsp3) is 0.583. The van der Waals surface area contributed by atoms with Crippen LogP contribution in [0.4, 0.5) is 5.82 Å². The number of aryl methyl sites for hydroxylation is 1. The van der Waals surface area contributed by atoms with Gasteiger partial charge in [-0.05, 0) is 29.3 Å². The van der Waals surface area contributed by atoms with Crippen molar-refractivity contribution in [1.82, 2.24) is 9.97 Å². The normalized spacial score (nSPS) is 10.4. The first-order valence-electron chi connectivity index (χ1n) is 5.89. The number of aromatic nitrogens is 2. The zero-order valence-electron chi connectivity index (χ0n) is 10.9. The largest absolute Gasteiger partial charge is 0.372 e. The van der Waals surface area contributed by atoms with Crippen LogP contribution in [0.15, 0.2) is 10.8 Å². The molecular formula is C12H18BrN3O2. The highest BCUT2D eigenvalue weighted by Crippen LogP contribution is 2.16. The average molecular weight is 316 g/mol. The number of anilines is 1. The molecule has 0 fully saturated rings. The van der Waals surface area contributed by atoms with Gasteiger partial charge in [0.2, 0.25) is 0 Å². The van der Waals surface area contributed by atoms with Crippen molar-refractivity contribution in [2.45, 2.75) is 26.7 Å². The lowest BCUT2D eigenvalue weighted by molar-refractivity contribution is -0.122. The van der Waals surface area contributed by atoms with Crippen molar-refractivity contribution in [2.24, 2.45) is 0 Å². The number of likely N-dealkylation sites (N-methyl/N-ethyl adjacent to an activating group) is 1. The highest BCUT2D eigenvalue weighted by molar-refractivity contribution is 9.10. The van der Waals surface area contributed by atoms with Crippen molar-refractivity contribution in [2.75, 3.05) is 25.2 Å². The van der Waals surface area contributed by atoms with Gasteiger partial charge in [0, 0.05) is 13.7 Å². The van der Waals surface area contributed by atoms with Gasteiger partial charge < -0.3 is 4.74 Å². The van der Waals surface area contributed by atoms with Crippen LogP contribution in [0.3, 0.4) is 0 Å². The van der Waals surface area contributed by atoms with Crippen molar-refractivity contribution >= 4 is 27.7 Å². The Morgan fingerprint density at radius 1 is 1.56 bits per heavy atom. The summed E-state index contributed by atoms with van der Waals surface area (Å²) in [6, 6.07) is 0. The van der Waals surface area contributed by atoms with Crippen LogP contribution in [0, 0.1) is 6.92 Å². The molecule has 5 nitrogen and oxygen atoms in total. The van der Waals surface area contributed by atoms with Gasteiger partial charge >= 0.3 is 0 Å². The number of carbonyl (C=O) groups excluding carboxylic acids is 1. The second-order valence-corrected chi connectivity index (χ2v) is 4.77. The third-order valence-electron chi connectivity index (χ3n) is 2.45. The predicted molar refractivity (Wildman–Crippen MR) is 73.6 cm³/mol. The first-order valence-corrected chi connectivity index (χ1v) is 6.69. The van der Waals surface area contributed by atoms with Crippen LogP contribution in [0.5, 0.6) is 0 Å². The van der Waals surface area contributed by atoms with Crippen LogP contribution in [0.25, 0.3) is 0 Å². The zero-order valence-corrected chi connectivity index (χ0v) is 12.5. The van der Waals surface area contributed by atoms with Crippen molar-refractivity contribution in [1.29, 1.82) is 0 Å². The van der Waals surface area contributed by atoms with Gasteiger partial charge in [-0.1, -0.05) is 13.3 Å². The van der Waals surface area contributed by atoms with Gasteiger partial charge in [0.05, 0.1) is 11.9 Å². The minimum atomic E-state index is -0.120. The Morgan fingerprint density at radius 3 is 2.89 bits per heavy atom. The summed E-state index contributed by atoms with van der Waals surface area (Å²) in [6.07, 6.45) is 3.60. The Labute approximate surface area is 116 Å². The molecule has 0 bridgehead atoms. The van der Waals surface area contributed by atoms with E-state index in [0.29, 0.717) is 22.7 Å². The third-order valence-corrected chi connectivity index (χ3v) is 2.83. The fourth-order valence-corrected chi connectivity index (χ4v) is 1.77. The van der Waals surface area contributed by atoms with Crippen LogP contribution in [-0.2, 0) is 9.53 Å². The molecule has 0 aliphatic carbocycles. The average Bonchev–Trinajstić information content (AvgIpc) is 2.33. The lowest BCUT2D eigenvalue weighted by atomic mass is 10.4. The second kappa shape index (κ2) is 7.43. The van der Waals surface area contributed by atoms with Crippen molar-refractivity contribution in [3.8, 4) is 0 Å². The van der Waals surface area contributed by atoms with E-state index in [1.165, 1.54) is 4.90 Å². The predicted octanol–water partition coefficient (Wildman–Crippen LogP) is 2.33. The maximum absolute atomic E-state index is 11.9. The highest BCUT2D eigenvalue weighted by atomic mass is 79.9. The number of rotatable bonds is 6. The van der Waals surface area contributed by atoms with E-state index in [2.05, 4.69) is 32.8 Å². The molecule has 0 aliphatic heterocycles. The van der Waals surface area contributed by atoms with Gasteiger partial charge in [-0.15, -0.1) is 0 Å². The number of hydrogen-bond acceptors (Lipinski definition) is 4. The standard InChI is InChI=1S/C12H18BrN3O2/c1-4-5-6-18-8-11(17)16(3)12-9(2)15-10(13)7-14-12/h7H,4-6,8H2,1-3H3. The van der Waals surface area contributed by atoms with Crippen molar-refractivity contribution in [3.05, 3.63) is 16.5 Å². The molecule has 18 heavy (non-hydrogen) atoms. The van der Waals surface area contributed by atoms with Crippen molar-refractivity contribution in [3.63, 3.8) is 0 Å². The Kier molecular flexibility index (Phi) is 6.21. The number of nitrogens with zero attached hydrogens (tertiary/aromatic N) is 3. The number of amides is 1. The molecule has 0 N–H and O–H groups in total. The number of ether oxygens (including phenoxy) is 1. The molecule has 0 spiro atoms. The molecule has 100 valence electrons. The summed E-state index contributed by atoms with van der Waals surface area (Å²) in [6.45, 7) is 4.58. The van der Waals surface area contributed by atoms with E-state index in [-0.39, 0.29) is 12.5 Å². The van der Waals surface area contributed by atoms with Gasteiger partial charge in [-0.2, -0.15) is 0 Å². The van der Waals surface area contributed by atoms with Crippen LogP contribution in [0.1, 0.15) is 25.5 Å². The minimum absolute atomic E-state index is 0.0771. The molecule has 1 aromatic heterocycles. The van der Waals surface area contributed by atoms with E-state index >= 15 is 0 Å². The van der Waals surface area contributed by atoms with Gasteiger partial charge in [0.25, 0.3) is 5.91 Å². The van der Waals surface area contributed by atoms with Gasteiger partial charge in [-0.25, -0.2) is 9.97 Å². The van der Waals surface area contributed by atoms with Crippen LogP contribution in [-0.4, -0.2) is 36.1 Å². The van der Waals surface area contributed by atoms with E-state index in [1.807, 2.05) is 6.92 Å². The summed E-state index contributed by atoms with van der Waals surface area (Å²) >= 11 is 3.24. The monoisotopic (exact) mass is 315 g/mol. The molecule has 1 aromatic rings. The lowest BCUT2D eigenvalue weighted by Crippen LogP contribution is -2.31. The maximum atomic E-state index is 11.9. The first-order chi connectivity index (χ1) is 8.56. The number of hydrogen-bond donors (Lipinski definition) is 0. The summed E-state index contributed by atoms with van der Waals surface area (Å²) in [5.74, 6) is 0.438. The Balaban J connectivity index is 2.57. The molecule has 0 unspecified atom stereocenters. The zero-order chi connectivity index (χ0) is 13.5. The van der Waals surface area contributed by atoms with Gasteiger partial charge in [0.15, 0.2) is 5.82 Å². The number of unbranched alkanes of at least 4 members (excludes halogenated alkanes) is 1. The molecule has 0 saturated heterocycles. The highest BCUT2D eigenvalue weighted by Gasteiger charge is 2.15. The smallest absolute Gasteiger partial charge is 0.253 e. The van der Waals surface area contributed by atoms with Crippen molar-refractivity contribution < 1.29 is 9.53 Å². The number of carbonyl (C=O) groups is 1. The second-order valence-electron chi connectivity index (χ2n) is 3.96. The third kappa shape index (κ3) is 4.34. The van der Waals surface area contributed by atoms with E-state index in [9.17, 15) is 4.79 Å². The summed E-state index contributed by atoms with van der Waals surface area (Å²) in [7, 11) is 1.68. The molecule has 0 atom stereocenters. The number of halogens is 1. The Morgan fingerprint density at radius 2 is 2.28 bits per heavy atom.